The van der Waals surface area contributed by atoms with Crippen molar-refractivity contribution in [1.82, 2.24) is 0 Å². The monoisotopic (exact) mass is 272 g/mol. The molecule has 2 aromatic carbocycles. The number of aliphatic hydroxyl groups excluding tert-OH is 1. The summed E-state index contributed by atoms with van der Waals surface area (Å²) in [6.07, 6.45) is 0.610. The van der Waals surface area contributed by atoms with Crippen molar-refractivity contribution >= 4 is 5.97 Å². The Hall–Kier alpha value is -2.33. The van der Waals surface area contributed by atoms with Crippen LogP contribution >= 0.6 is 0 Å². The van der Waals surface area contributed by atoms with Crippen molar-refractivity contribution in [2.24, 2.45) is 0 Å². The summed E-state index contributed by atoms with van der Waals surface area (Å²) in [6, 6.07) is 14.3. The molecular weight excluding hydrogens is 256 g/mol. The van der Waals surface area contributed by atoms with E-state index in [9.17, 15) is 4.79 Å². The summed E-state index contributed by atoms with van der Waals surface area (Å²) in [5.74, 6) is -0.173. The quantitative estimate of drug-likeness (QED) is 0.793. The Labute approximate surface area is 117 Å². The van der Waals surface area contributed by atoms with E-state index in [-0.39, 0.29) is 12.2 Å². The van der Waals surface area contributed by atoms with Gasteiger partial charge in [0.1, 0.15) is 5.75 Å². The maximum absolute atomic E-state index is 10.8. The number of carboxylic acid groups (broad SMARTS) is 1. The molecule has 0 aliphatic rings. The molecule has 0 saturated carbocycles. The van der Waals surface area contributed by atoms with Crippen LogP contribution in [-0.2, 0) is 0 Å². The molecule has 0 aliphatic heterocycles. The first kappa shape index (κ1) is 14.1. The van der Waals surface area contributed by atoms with Crippen molar-refractivity contribution in [3.8, 4) is 16.9 Å². The summed E-state index contributed by atoms with van der Waals surface area (Å²) in [6.45, 7) is 0.608. The number of aromatic carboxylic acids is 1. The molecule has 0 spiro atoms. The van der Waals surface area contributed by atoms with Crippen LogP contribution in [0.15, 0.2) is 48.5 Å². The van der Waals surface area contributed by atoms with Gasteiger partial charge in [-0.1, -0.05) is 24.3 Å². The van der Waals surface area contributed by atoms with E-state index >= 15 is 0 Å². The van der Waals surface area contributed by atoms with E-state index in [0.29, 0.717) is 13.0 Å². The van der Waals surface area contributed by atoms with Crippen molar-refractivity contribution < 1.29 is 19.7 Å². The van der Waals surface area contributed by atoms with Crippen molar-refractivity contribution in [1.29, 1.82) is 0 Å². The molecule has 0 radical (unpaired) electrons. The Balaban J connectivity index is 2.07. The van der Waals surface area contributed by atoms with Gasteiger partial charge in [-0.05, 0) is 35.4 Å². The lowest BCUT2D eigenvalue weighted by Crippen LogP contribution is -1.99. The third-order valence-corrected chi connectivity index (χ3v) is 2.89. The first-order chi connectivity index (χ1) is 9.70. The Kier molecular flexibility index (Phi) is 4.74. The summed E-state index contributed by atoms with van der Waals surface area (Å²) in [5, 5.41) is 17.5. The first-order valence-electron chi connectivity index (χ1n) is 6.38. The van der Waals surface area contributed by atoms with Gasteiger partial charge in [0.25, 0.3) is 0 Å². The van der Waals surface area contributed by atoms with Crippen LogP contribution in [0.25, 0.3) is 11.1 Å². The van der Waals surface area contributed by atoms with Crippen LogP contribution in [0.3, 0.4) is 0 Å². The maximum atomic E-state index is 10.8. The van der Waals surface area contributed by atoms with Crippen LogP contribution in [-0.4, -0.2) is 29.4 Å². The summed E-state index contributed by atoms with van der Waals surface area (Å²) < 4.78 is 5.45. The number of aliphatic hydroxyl groups is 1. The molecular formula is C16H16O4. The average Bonchev–Trinajstić information content (AvgIpc) is 2.48. The lowest BCUT2D eigenvalue weighted by Gasteiger charge is -2.07. The lowest BCUT2D eigenvalue weighted by atomic mass is 10.0. The van der Waals surface area contributed by atoms with Gasteiger partial charge < -0.3 is 14.9 Å². The fourth-order valence-corrected chi connectivity index (χ4v) is 1.80. The minimum atomic E-state index is -0.927. The highest BCUT2D eigenvalue weighted by Crippen LogP contribution is 2.23. The molecule has 0 amide bonds. The van der Waals surface area contributed by atoms with Gasteiger partial charge >= 0.3 is 5.97 Å². The van der Waals surface area contributed by atoms with Crippen LogP contribution in [0.5, 0.6) is 5.75 Å². The summed E-state index contributed by atoms with van der Waals surface area (Å²) >= 11 is 0. The number of hydrogen-bond acceptors (Lipinski definition) is 3. The highest BCUT2D eigenvalue weighted by atomic mass is 16.5. The Morgan fingerprint density at radius 3 is 2.00 bits per heavy atom. The molecule has 2 N–H and O–H groups in total. The van der Waals surface area contributed by atoms with Crippen LogP contribution in [0.2, 0.25) is 0 Å². The van der Waals surface area contributed by atoms with Crippen molar-refractivity contribution in [3.05, 3.63) is 54.1 Å². The highest BCUT2D eigenvalue weighted by molar-refractivity contribution is 5.88. The molecule has 0 atom stereocenters. The fraction of sp³-hybridized carbons (Fsp3) is 0.188. The van der Waals surface area contributed by atoms with Crippen LogP contribution in [0.4, 0.5) is 0 Å². The molecule has 4 heteroatoms. The van der Waals surface area contributed by atoms with Gasteiger partial charge in [-0.2, -0.15) is 0 Å². The summed E-state index contributed by atoms with van der Waals surface area (Å²) in [5.41, 5.74) is 2.23. The van der Waals surface area contributed by atoms with Gasteiger partial charge in [-0.3, -0.25) is 0 Å². The Morgan fingerprint density at radius 1 is 0.950 bits per heavy atom. The van der Waals surface area contributed by atoms with E-state index < -0.39 is 5.97 Å². The fourth-order valence-electron chi connectivity index (χ4n) is 1.80. The third-order valence-electron chi connectivity index (χ3n) is 2.89. The molecule has 2 aromatic rings. The predicted molar refractivity (Wildman–Crippen MR) is 76.0 cm³/mol. The second kappa shape index (κ2) is 6.73. The summed E-state index contributed by atoms with van der Waals surface area (Å²) in [7, 11) is 0. The third kappa shape index (κ3) is 3.59. The lowest BCUT2D eigenvalue weighted by molar-refractivity contribution is 0.0697. The van der Waals surface area contributed by atoms with Gasteiger partial charge in [-0.25, -0.2) is 4.79 Å². The molecule has 0 saturated heterocycles. The molecule has 0 aromatic heterocycles. The largest absolute Gasteiger partial charge is 0.494 e. The molecule has 104 valence electrons. The number of rotatable bonds is 6. The molecule has 0 bridgehead atoms. The van der Waals surface area contributed by atoms with Crippen LogP contribution in [0.1, 0.15) is 16.8 Å². The maximum Gasteiger partial charge on any atom is 0.335 e. The molecule has 20 heavy (non-hydrogen) atoms. The van der Waals surface area contributed by atoms with Crippen LogP contribution in [0, 0.1) is 0 Å². The molecule has 0 unspecified atom stereocenters. The second-order valence-corrected chi connectivity index (χ2v) is 4.33. The average molecular weight is 272 g/mol. The second-order valence-electron chi connectivity index (χ2n) is 4.33. The summed E-state index contributed by atoms with van der Waals surface area (Å²) in [4.78, 5) is 10.8. The van der Waals surface area contributed by atoms with Gasteiger partial charge in [-0.15, -0.1) is 0 Å². The Morgan fingerprint density at radius 2 is 1.50 bits per heavy atom. The van der Waals surface area contributed by atoms with Crippen molar-refractivity contribution in [2.45, 2.75) is 6.42 Å². The normalized spacial score (nSPS) is 10.2. The number of carbonyl (C=O) groups is 1. The number of ether oxygens (including phenoxy) is 1. The van der Waals surface area contributed by atoms with E-state index in [2.05, 4.69) is 0 Å². The van der Waals surface area contributed by atoms with E-state index in [4.69, 9.17) is 14.9 Å². The first-order valence-corrected chi connectivity index (χ1v) is 6.38. The minimum absolute atomic E-state index is 0.119. The van der Waals surface area contributed by atoms with Crippen molar-refractivity contribution in [2.75, 3.05) is 13.2 Å². The molecule has 2 rings (SSSR count). The van der Waals surface area contributed by atoms with E-state index in [1.165, 1.54) is 0 Å². The molecule has 0 fully saturated rings. The van der Waals surface area contributed by atoms with E-state index in [0.717, 1.165) is 16.9 Å². The molecule has 0 aliphatic carbocycles. The standard InChI is InChI=1S/C16H16O4/c17-10-1-11-20-15-8-6-13(7-9-15)12-2-4-14(5-3-12)16(18)19/h2-9,17H,1,10-11H2,(H,18,19). The molecule has 0 heterocycles. The zero-order valence-electron chi connectivity index (χ0n) is 11.0. The zero-order chi connectivity index (χ0) is 14.4. The minimum Gasteiger partial charge on any atom is -0.494 e. The highest BCUT2D eigenvalue weighted by Gasteiger charge is 2.03. The van der Waals surface area contributed by atoms with Crippen molar-refractivity contribution in [3.63, 3.8) is 0 Å². The topological polar surface area (TPSA) is 66.8 Å². The predicted octanol–water partition coefficient (Wildman–Crippen LogP) is 2.81. The smallest absolute Gasteiger partial charge is 0.335 e. The zero-order valence-corrected chi connectivity index (χ0v) is 11.0. The van der Waals surface area contributed by atoms with Crippen LogP contribution < -0.4 is 4.74 Å². The van der Waals surface area contributed by atoms with Gasteiger partial charge in [0.15, 0.2) is 0 Å². The molecule has 4 nitrogen and oxygen atoms in total. The number of carboxylic acids is 1. The Bertz CT molecular complexity index is 558. The SMILES string of the molecule is O=C(O)c1ccc(-c2ccc(OCCCO)cc2)cc1. The number of hydrogen-bond donors (Lipinski definition) is 2. The van der Waals surface area contributed by atoms with Gasteiger partial charge in [0.05, 0.1) is 12.2 Å². The van der Waals surface area contributed by atoms with Gasteiger partial charge in [0, 0.05) is 13.0 Å². The van der Waals surface area contributed by atoms with E-state index in [1.807, 2.05) is 24.3 Å². The van der Waals surface area contributed by atoms with E-state index in [1.54, 1.807) is 24.3 Å². The van der Waals surface area contributed by atoms with Gasteiger partial charge in [0.2, 0.25) is 0 Å². The number of benzene rings is 2.